The maximum atomic E-state index is 13.9. The topological polar surface area (TPSA) is 133 Å². The molecule has 1 aliphatic rings. The molecule has 11 heteroatoms. The van der Waals surface area contributed by atoms with Crippen molar-refractivity contribution in [3.8, 4) is 142 Å². The summed E-state index contributed by atoms with van der Waals surface area (Å²) in [5.41, 5.74) is 14.6. The maximum absolute atomic E-state index is 13.9. The molecule has 87 heavy (non-hydrogen) atoms. The Morgan fingerprint density at radius 2 is 0.621 bits per heavy atom. The first-order valence-electron chi connectivity index (χ1n) is 28.7. The second-order valence-electron chi connectivity index (χ2n) is 21.2. The van der Waals surface area contributed by atoms with Gasteiger partial charge in [-0.3, -0.25) is 0 Å². The fourth-order valence-corrected chi connectivity index (χ4v) is 11.4. The average molecular weight is 1120 g/mol. The molecule has 0 atom stereocenters. The van der Waals surface area contributed by atoms with Crippen LogP contribution in [0.15, 0.2) is 291 Å². The predicted molar refractivity (Wildman–Crippen MR) is 348 cm³/mol. The van der Waals surface area contributed by atoms with E-state index in [1.54, 1.807) is 0 Å². The Labute approximate surface area is 503 Å². The second-order valence-corrected chi connectivity index (χ2v) is 21.2. The summed E-state index contributed by atoms with van der Waals surface area (Å²) in [7, 11) is 0. The van der Waals surface area contributed by atoms with E-state index in [-0.39, 0.29) is 11.6 Å². The van der Waals surface area contributed by atoms with Crippen molar-refractivity contribution in [2.75, 3.05) is 0 Å². The van der Waals surface area contributed by atoms with Crippen LogP contribution in [0.5, 0.6) is 17.2 Å². The first-order valence-corrected chi connectivity index (χ1v) is 28.7. The van der Waals surface area contributed by atoms with Gasteiger partial charge in [0.2, 0.25) is 0 Å². The van der Waals surface area contributed by atoms with Crippen molar-refractivity contribution in [1.82, 2.24) is 39.9 Å². The third-order valence-corrected chi connectivity index (χ3v) is 15.6. The molecule has 10 aromatic carbocycles. The van der Waals surface area contributed by atoms with Gasteiger partial charge in [-0.1, -0.05) is 260 Å². The van der Waals surface area contributed by atoms with Gasteiger partial charge in [-0.2, -0.15) is 0 Å². The van der Waals surface area contributed by atoms with Crippen molar-refractivity contribution >= 4 is 23.1 Å². The number of phenolic OH excluding ortho intramolecular Hbond substituents is 1. The third kappa shape index (κ3) is 10.3. The third-order valence-electron chi connectivity index (χ3n) is 15.6. The summed E-state index contributed by atoms with van der Waals surface area (Å²) in [5, 5.41) is 13.9. The minimum Gasteiger partial charge on any atom is -0.508 e. The van der Waals surface area contributed by atoms with Crippen LogP contribution < -0.4 is 21.1 Å². The standard InChI is InChI=1S/C76H49BN8O2/c86-68-60(75-82-71(52-31-14-4-15-32-52)80-72(83-75)53-33-16-5-17-34-53)48-61(76-84-73(54-35-18-6-19-36-54)81-74(85-76)55-37-20-7-21-38-55)70-67(68)77(58-40-22-39-56(45-58)65-43-23-41-63(78-65)50-27-10-2-11-28-50)62-47-57(49-25-8-1-9-26-49)46-59(69(62)87-70)66-44-24-42-64(79-66)51-29-12-3-13-30-51/h1-48,86H. The number of aromatic nitrogens is 8. The van der Waals surface area contributed by atoms with E-state index in [9.17, 15) is 5.11 Å². The highest BCUT2D eigenvalue weighted by Gasteiger charge is 2.41. The molecule has 5 heterocycles. The minimum absolute atomic E-state index is 0.0975. The van der Waals surface area contributed by atoms with E-state index >= 15 is 0 Å². The molecule has 10 nitrogen and oxygen atoms in total. The lowest BCUT2D eigenvalue weighted by Gasteiger charge is -2.32. The van der Waals surface area contributed by atoms with Crippen LogP contribution in [0.2, 0.25) is 0 Å². The normalized spacial score (nSPS) is 11.6. The van der Waals surface area contributed by atoms with Gasteiger partial charge in [-0.15, -0.1) is 0 Å². The van der Waals surface area contributed by atoms with Crippen LogP contribution in [-0.2, 0) is 0 Å². The quantitative estimate of drug-likeness (QED) is 0.118. The number of aromatic hydroxyl groups is 1. The lowest BCUT2D eigenvalue weighted by molar-refractivity contribution is 0.464. The van der Waals surface area contributed by atoms with Gasteiger partial charge in [0.1, 0.15) is 17.2 Å². The zero-order valence-electron chi connectivity index (χ0n) is 46.7. The molecule has 1 N–H and O–H groups in total. The van der Waals surface area contributed by atoms with Crippen molar-refractivity contribution < 1.29 is 9.84 Å². The Morgan fingerprint density at radius 1 is 0.253 bits per heavy atom. The molecule has 0 saturated heterocycles. The molecule has 14 aromatic rings. The average Bonchev–Trinajstić information content (AvgIpc) is 1.06. The van der Waals surface area contributed by atoms with Crippen LogP contribution in [0.1, 0.15) is 0 Å². The van der Waals surface area contributed by atoms with Gasteiger partial charge >= 0.3 is 0 Å². The molecule has 0 fully saturated rings. The number of hydrogen-bond acceptors (Lipinski definition) is 10. The van der Waals surface area contributed by atoms with Crippen molar-refractivity contribution in [3.63, 3.8) is 0 Å². The maximum Gasteiger partial charge on any atom is 0.256 e. The number of nitrogens with zero attached hydrogens (tertiary/aromatic N) is 8. The molecule has 0 bridgehead atoms. The molecule has 1 aliphatic heterocycles. The summed E-state index contributed by atoms with van der Waals surface area (Å²) in [5.74, 6) is 3.05. The van der Waals surface area contributed by atoms with E-state index in [4.69, 9.17) is 44.6 Å². The zero-order chi connectivity index (χ0) is 58.0. The predicted octanol–water partition coefficient (Wildman–Crippen LogP) is 15.5. The van der Waals surface area contributed by atoms with Gasteiger partial charge in [0, 0.05) is 44.4 Å². The molecule has 0 aliphatic carbocycles. The lowest BCUT2D eigenvalue weighted by atomic mass is 9.35. The summed E-state index contributed by atoms with van der Waals surface area (Å²) in [6.07, 6.45) is 0. The first-order chi connectivity index (χ1) is 43.0. The molecule has 0 saturated carbocycles. The summed E-state index contributed by atoms with van der Waals surface area (Å²) in [6.45, 7) is -0.743. The van der Waals surface area contributed by atoms with Crippen LogP contribution >= 0.6 is 0 Å². The van der Waals surface area contributed by atoms with Gasteiger partial charge in [0.25, 0.3) is 6.71 Å². The first kappa shape index (κ1) is 52.0. The number of benzene rings is 10. The molecule has 408 valence electrons. The molecule has 0 amide bonds. The Hall–Kier alpha value is -11.8. The van der Waals surface area contributed by atoms with Gasteiger partial charge < -0.3 is 9.84 Å². The number of fused-ring (bicyclic) bond motifs is 2. The van der Waals surface area contributed by atoms with Crippen molar-refractivity contribution in [2.45, 2.75) is 0 Å². The second kappa shape index (κ2) is 22.7. The Kier molecular flexibility index (Phi) is 13.6. The number of pyridine rings is 2. The summed E-state index contributed by atoms with van der Waals surface area (Å²) < 4.78 is 7.70. The molecular formula is C76H49BN8O2. The van der Waals surface area contributed by atoms with E-state index in [1.807, 2.05) is 218 Å². The summed E-state index contributed by atoms with van der Waals surface area (Å²) in [6, 6.07) is 96.9. The number of rotatable bonds is 12. The molecule has 4 aromatic heterocycles. The Balaban J connectivity index is 1.06. The summed E-state index contributed by atoms with van der Waals surface area (Å²) in [4.78, 5) is 42.1. The van der Waals surface area contributed by atoms with Crippen LogP contribution in [0.3, 0.4) is 0 Å². The van der Waals surface area contributed by atoms with Gasteiger partial charge in [0.05, 0.1) is 33.9 Å². The van der Waals surface area contributed by atoms with E-state index in [2.05, 4.69) is 72.8 Å². The molecule has 15 rings (SSSR count). The monoisotopic (exact) mass is 1120 g/mol. The van der Waals surface area contributed by atoms with Crippen LogP contribution in [-0.4, -0.2) is 51.7 Å². The molecule has 0 spiro atoms. The summed E-state index contributed by atoms with van der Waals surface area (Å²) >= 11 is 0. The van der Waals surface area contributed by atoms with Crippen molar-refractivity contribution in [2.24, 2.45) is 0 Å². The van der Waals surface area contributed by atoms with Crippen LogP contribution in [0, 0.1) is 0 Å². The van der Waals surface area contributed by atoms with E-state index in [1.165, 1.54) is 0 Å². The number of phenols is 1. The number of ether oxygens (including phenoxy) is 1. The highest BCUT2D eigenvalue weighted by Crippen LogP contribution is 2.46. The van der Waals surface area contributed by atoms with E-state index in [0.29, 0.717) is 62.9 Å². The SMILES string of the molecule is Oc1c(-c2nc(-c3ccccc3)nc(-c3ccccc3)n2)cc(-c2nc(-c3ccccc3)nc(-c3ccccc3)n2)c2c1B(c1cccc(-c3cccc(-c4ccccc4)n3)c1)c1cc(-c3ccccc3)cc(-c3cccc(-c4ccccc4)n3)c1O2. The molecule has 0 radical (unpaired) electrons. The van der Waals surface area contributed by atoms with Crippen LogP contribution in [0.25, 0.3) is 124 Å². The minimum atomic E-state index is -0.743. The van der Waals surface area contributed by atoms with E-state index in [0.717, 1.165) is 83.6 Å². The molecular weight excluding hydrogens is 1070 g/mol. The van der Waals surface area contributed by atoms with Gasteiger partial charge in [-0.25, -0.2) is 39.9 Å². The van der Waals surface area contributed by atoms with Gasteiger partial charge in [-0.05, 0) is 58.6 Å². The van der Waals surface area contributed by atoms with Crippen LogP contribution in [0.4, 0.5) is 0 Å². The lowest BCUT2D eigenvalue weighted by Crippen LogP contribution is -2.55. The van der Waals surface area contributed by atoms with E-state index < -0.39 is 6.71 Å². The van der Waals surface area contributed by atoms with Crippen molar-refractivity contribution in [3.05, 3.63) is 291 Å². The molecule has 0 unspecified atom stereocenters. The Morgan fingerprint density at radius 3 is 1.09 bits per heavy atom. The zero-order valence-corrected chi connectivity index (χ0v) is 46.7. The fraction of sp³-hybridized carbons (Fsp3) is 0. The highest BCUT2D eigenvalue weighted by molar-refractivity contribution is 6.97. The fourth-order valence-electron chi connectivity index (χ4n) is 11.4. The van der Waals surface area contributed by atoms with Gasteiger partial charge in [0.15, 0.2) is 34.9 Å². The number of hydrogen-bond donors (Lipinski definition) is 1. The largest absolute Gasteiger partial charge is 0.508 e. The Bertz CT molecular complexity index is 4720. The smallest absolute Gasteiger partial charge is 0.256 e. The van der Waals surface area contributed by atoms with Crippen molar-refractivity contribution in [1.29, 1.82) is 0 Å². The highest BCUT2D eigenvalue weighted by atomic mass is 16.5.